The third-order valence-electron chi connectivity index (χ3n) is 5.12. The fourth-order valence-corrected chi connectivity index (χ4v) is 3.75. The summed E-state index contributed by atoms with van der Waals surface area (Å²) in [6.07, 6.45) is -2.00. The van der Waals surface area contributed by atoms with Gasteiger partial charge in [0, 0.05) is 28.8 Å². The van der Waals surface area contributed by atoms with E-state index in [-0.39, 0.29) is 6.54 Å². The minimum atomic E-state index is -4.29. The number of aromatic nitrogens is 2. The van der Waals surface area contributed by atoms with E-state index >= 15 is 0 Å². The normalized spacial score (nSPS) is 11.6. The minimum absolute atomic E-state index is 0.325. The predicted molar refractivity (Wildman–Crippen MR) is 125 cm³/mol. The minimum Gasteiger partial charge on any atom is -0.456 e. The van der Waals surface area contributed by atoms with E-state index in [1.54, 1.807) is 72.2 Å². The zero-order valence-corrected chi connectivity index (χ0v) is 18.7. The van der Waals surface area contributed by atoms with Crippen molar-refractivity contribution >= 4 is 28.8 Å². The van der Waals surface area contributed by atoms with Crippen LogP contribution >= 0.6 is 11.6 Å². The lowest BCUT2D eigenvalue weighted by Gasteiger charge is -2.14. The van der Waals surface area contributed by atoms with Crippen molar-refractivity contribution in [3.63, 3.8) is 0 Å². The van der Waals surface area contributed by atoms with Crippen LogP contribution in [0.25, 0.3) is 16.9 Å². The summed E-state index contributed by atoms with van der Waals surface area (Å²) < 4.78 is 45.7. The molecule has 4 rings (SSSR count). The Kier molecular flexibility index (Phi) is 6.39. The van der Waals surface area contributed by atoms with Crippen LogP contribution < -0.4 is 15.8 Å². The van der Waals surface area contributed by atoms with Gasteiger partial charge in [-0.1, -0.05) is 23.7 Å². The Labute approximate surface area is 198 Å². The van der Waals surface area contributed by atoms with Gasteiger partial charge in [-0.3, -0.25) is 9.20 Å². The first-order chi connectivity index (χ1) is 16.1. The van der Waals surface area contributed by atoms with Crippen molar-refractivity contribution in [3.8, 4) is 22.8 Å². The number of fused-ring (bicyclic) bond motifs is 1. The molecule has 0 saturated heterocycles. The summed E-state index contributed by atoms with van der Waals surface area (Å²) in [6, 6.07) is 13.5. The molecule has 0 fully saturated rings. The number of aryl methyl sites for hydroxylation is 1. The van der Waals surface area contributed by atoms with Crippen LogP contribution in [-0.2, 0) is 0 Å². The molecule has 6 nitrogen and oxygen atoms in total. The first kappa shape index (κ1) is 23.4. The number of imidazole rings is 1. The predicted octanol–water partition coefficient (Wildman–Crippen LogP) is 6.22. The SMILES string of the molecule is Cc1cc(-c2cnc3c(NCCC(F)(F)F)cc(Oc4cccc(Cl)c4)cn23)ccc1C(N)=O. The van der Waals surface area contributed by atoms with Crippen molar-refractivity contribution in [1.82, 2.24) is 9.38 Å². The Bertz CT molecular complexity index is 1370. The smallest absolute Gasteiger partial charge is 0.390 e. The molecule has 0 bridgehead atoms. The van der Waals surface area contributed by atoms with Gasteiger partial charge in [-0.2, -0.15) is 13.2 Å². The van der Waals surface area contributed by atoms with Crippen molar-refractivity contribution in [2.45, 2.75) is 19.5 Å². The molecule has 176 valence electrons. The number of benzene rings is 2. The lowest BCUT2D eigenvalue weighted by atomic mass is 10.0. The van der Waals surface area contributed by atoms with Gasteiger partial charge in [0.2, 0.25) is 5.91 Å². The molecular weight excluding hydrogens is 469 g/mol. The molecule has 0 unspecified atom stereocenters. The fourth-order valence-electron chi connectivity index (χ4n) is 3.57. The van der Waals surface area contributed by atoms with Gasteiger partial charge in [0.15, 0.2) is 5.65 Å². The summed E-state index contributed by atoms with van der Waals surface area (Å²) in [5.74, 6) is 0.306. The highest BCUT2D eigenvalue weighted by atomic mass is 35.5. The Morgan fingerprint density at radius 1 is 1.18 bits per heavy atom. The van der Waals surface area contributed by atoms with E-state index in [0.29, 0.717) is 44.7 Å². The first-order valence-corrected chi connectivity index (χ1v) is 10.6. The number of anilines is 1. The molecule has 0 radical (unpaired) electrons. The van der Waals surface area contributed by atoms with E-state index < -0.39 is 18.5 Å². The highest BCUT2D eigenvalue weighted by Crippen LogP contribution is 2.32. The van der Waals surface area contributed by atoms with Gasteiger partial charge >= 0.3 is 6.18 Å². The maximum atomic E-state index is 12.7. The standard InChI is InChI=1S/C24H20ClF3N4O2/c1-14-9-15(5-6-19(14)22(29)33)21-12-31-23-20(30-8-7-24(26,27)28)11-18(13-32(21)23)34-17-4-2-3-16(25)10-17/h2-6,9-13,30H,7-8H2,1H3,(H2,29,33). The summed E-state index contributed by atoms with van der Waals surface area (Å²) in [5, 5.41) is 3.29. The Morgan fingerprint density at radius 2 is 1.97 bits per heavy atom. The number of hydrogen-bond acceptors (Lipinski definition) is 4. The average molecular weight is 489 g/mol. The molecule has 34 heavy (non-hydrogen) atoms. The molecule has 0 spiro atoms. The lowest BCUT2D eigenvalue weighted by molar-refractivity contribution is -0.131. The Balaban J connectivity index is 1.78. The largest absolute Gasteiger partial charge is 0.456 e. The van der Waals surface area contributed by atoms with Crippen LogP contribution in [0.15, 0.2) is 60.9 Å². The molecule has 0 aliphatic carbocycles. The van der Waals surface area contributed by atoms with Gasteiger partial charge in [-0.15, -0.1) is 0 Å². The number of ether oxygens (including phenoxy) is 1. The molecule has 1 amide bonds. The number of primary amides is 1. The maximum absolute atomic E-state index is 12.7. The molecule has 0 aliphatic heterocycles. The van der Waals surface area contributed by atoms with Gasteiger partial charge in [0.25, 0.3) is 0 Å². The number of nitrogens with two attached hydrogens (primary N) is 1. The number of pyridine rings is 1. The highest BCUT2D eigenvalue weighted by molar-refractivity contribution is 6.30. The summed E-state index contributed by atoms with van der Waals surface area (Å²) in [5.41, 5.74) is 8.70. The summed E-state index contributed by atoms with van der Waals surface area (Å²) in [7, 11) is 0. The van der Waals surface area contributed by atoms with Gasteiger partial charge < -0.3 is 15.8 Å². The molecule has 0 aliphatic rings. The zero-order valence-electron chi connectivity index (χ0n) is 18.0. The zero-order chi connectivity index (χ0) is 24.5. The number of carbonyl (C=O) groups is 1. The number of alkyl halides is 3. The number of halogens is 4. The second kappa shape index (κ2) is 9.26. The van der Waals surface area contributed by atoms with Crippen molar-refractivity contribution in [3.05, 3.63) is 77.1 Å². The van der Waals surface area contributed by atoms with E-state index in [2.05, 4.69) is 10.3 Å². The summed E-state index contributed by atoms with van der Waals surface area (Å²) in [4.78, 5) is 16.0. The van der Waals surface area contributed by atoms with Crippen LogP contribution in [0.1, 0.15) is 22.3 Å². The van der Waals surface area contributed by atoms with E-state index in [0.717, 1.165) is 5.56 Å². The fraction of sp³-hybridized carbons (Fsp3) is 0.167. The van der Waals surface area contributed by atoms with E-state index in [4.69, 9.17) is 22.1 Å². The third kappa shape index (κ3) is 5.26. The number of amides is 1. The molecule has 0 atom stereocenters. The topological polar surface area (TPSA) is 81.7 Å². The number of carbonyl (C=O) groups excluding carboxylic acids is 1. The quantitative estimate of drug-likeness (QED) is 0.323. The van der Waals surface area contributed by atoms with Gasteiger partial charge in [0.05, 0.1) is 30.2 Å². The molecule has 10 heteroatoms. The second-order valence-electron chi connectivity index (χ2n) is 7.67. The van der Waals surface area contributed by atoms with Gasteiger partial charge in [-0.05, 0) is 42.8 Å². The maximum Gasteiger partial charge on any atom is 0.390 e. The van der Waals surface area contributed by atoms with Crippen LogP contribution in [0.2, 0.25) is 5.02 Å². The molecule has 2 aromatic heterocycles. The van der Waals surface area contributed by atoms with Crippen molar-refractivity contribution in [1.29, 1.82) is 0 Å². The Morgan fingerprint density at radius 3 is 2.65 bits per heavy atom. The lowest BCUT2D eigenvalue weighted by Crippen LogP contribution is -2.15. The second-order valence-corrected chi connectivity index (χ2v) is 8.11. The van der Waals surface area contributed by atoms with E-state index in [9.17, 15) is 18.0 Å². The first-order valence-electron chi connectivity index (χ1n) is 10.3. The van der Waals surface area contributed by atoms with Crippen LogP contribution in [0, 0.1) is 6.92 Å². The third-order valence-corrected chi connectivity index (χ3v) is 5.36. The van der Waals surface area contributed by atoms with E-state index in [1.807, 2.05) is 0 Å². The molecule has 2 aromatic carbocycles. The van der Waals surface area contributed by atoms with Crippen LogP contribution in [-0.4, -0.2) is 28.0 Å². The van der Waals surface area contributed by atoms with Crippen LogP contribution in [0.4, 0.5) is 18.9 Å². The highest BCUT2D eigenvalue weighted by Gasteiger charge is 2.26. The number of hydrogen-bond donors (Lipinski definition) is 2. The molecule has 2 heterocycles. The van der Waals surface area contributed by atoms with Crippen molar-refractivity contribution in [2.24, 2.45) is 5.73 Å². The average Bonchev–Trinajstić information content (AvgIpc) is 3.16. The van der Waals surface area contributed by atoms with E-state index in [1.165, 1.54) is 0 Å². The van der Waals surface area contributed by atoms with Crippen molar-refractivity contribution < 1.29 is 22.7 Å². The molecular formula is C24H20ClF3N4O2. The Hall–Kier alpha value is -3.72. The number of nitrogens with one attached hydrogen (secondary N) is 1. The molecule has 0 saturated carbocycles. The molecule has 4 aromatic rings. The summed E-state index contributed by atoms with van der Waals surface area (Å²) >= 11 is 6.04. The van der Waals surface area contributed by atoms with Gasteiger partial charge in [0.1, 0.15) is 11.5 Å². The summed E-state index contributed by atoms with van der Waals surface area (Å²) in [6.45, 7) is 1.44. The van der Waals surface area contributed by atoms with Gasteiger partial charge in [-0.25, -0.2) is 4.98 Å². The van der Waals surface area contributed by atoms with Crippen LogP contribution in [0.5, 0.6) is 11.5 Å². The monoisotopic (exact) mass is 488 g/mol. The number of rotatable bonds is 7. The van der Waals surface area contributed by atoms with Crippen LogP contribution in [0.3, 0.4) is 0 Å². The number of nitrogens with zero attached hydrogens (tertiary/aromatic N) is 2. The molecule has 3 N–H and O–H groups in total. The van der Waals surface area contributed by atoms with Crippen molar-refractivity contribution in [2.75, 3.05) is 11.9 Å².